The Balaban J connectivity index is 1.76. The molecule has 0 radical (unpaired) electrons. The predicted octanol–water partition coefficient (Wildman–Crippen LogP) is 5.97. The molecule has 1 aliphatic heterocycles. The third-order valence-corrected chi connectivity index (χ3v) is 5.79. The third-order valence-electron chi connectivity index (χ3n) is 5.79. The van der Waals surface area contributed by atoms with E-state index in [1.165, 1.54) is 22.5 Å². The minimum Gasteiger partial charge on any atom is -0.310 e. The van der Waals surface area contributed by atoms with E-state index in [0.29, 0.717) is 5.78 Å². The highest BCUT2D eigenvalue weighted by Gasteiger charge is 2.40. The first-order valence-corrected chi connectivity index (χ1v) is 9.40. The van der Waals surface area contributed by atoms with Crippen molar-refractivity contribution in [3.8, 4) is 0 Å². The average Bonchev–Trinajstić information content (AvgIpc) is 3.12. The maximum Gasteiger partial charge on any atom is 0.136 e. The lowest BCUT2D eigenvalue weighted by Crippen LogP contribution is -2.27. The Labute approximate surface area is 154 Å². The second kappa shape index (κ2) is 6.14. The molecule has 1 unspecified atom stereocenters. The Morgan fingerprint density at radius 3 is 1.88 bits per heavy atom. The van der Waals surface area contributed by atoms with Gasteiger partial charge in [-0.2, -0.15) is 0 Å². The van der Waals surface area contributed by atoms with Crippen molar-refractivity contribution in [1.29, 1.82) is 0 Å². The Morgan fingerprint density at radius 2 is 1.31 bits per heavy atom. The van der Waals surface area contributed by atoms with E-state index in [4.69, 9.17) is 0 Å². The highest BCUT2D eigenvalue weighted by molar-refractivity contribution is 5.89. The predicted molar refractivity (Wildman–Crippen MR) is 105 cm³/mol. The molecule has 3 aromatic carbocycles. The van der Waals surface area contributed by atoms with Crippen LogP contribution < -0.4 is 4.90 Å². The van der Waals surface area contributed by atoms with Crippen molar-refractivity contribution in [1.82, 2.24) is 0 Å². The van der Waals surface area contributed by atoms with Gasteiger partial charge in [0.1, 0.15) is 5.78 Å². The summed E-state index contributed by atoms with van der Waals surface area (Å²) in [5, 5.41) is 0. The maximum atomic E-state index is 12.6. The van der Waals surface area contributed by atoms with Gasteiger partial charge < -0.3 is 4.90 Å². The summed E-state index contributed by atoms with van der Waals surface area (Å²) in [6.07, 6.45) is 2.75. The van der Waals surface area contributed by atoms with Crippen molar-refractivity contribution in [2.45, 2.75) is 25.2 Å². The quantitative estimate of drug-likeness (QED) is 0.573. The summed E-state index contributed by atoms with van der Waals surface area (Å²) >= 11 is 0. The number of para-hydroxylation sites is 3. The van der Waals surface area contributed by atoms with Gasteiger partial charge in [-0.05, 0) is 48.2 Å². The molecular weight excluding hydrogens is 318 g/mol. The number of nitrogens with zero attached hydrogens (tertiary/aromatic N) is 1. The normalized spacial score (nSPS) is 19.3. The Kier molecular flexibility index (Phi) is 3.63. The molecule has 26 heavy (non-hydrogen) atoms. The molecule has 0 N–H and O–H groups in total. The molecule has 1 atom stereocenters. The van der Waals surface area contributed by atoms with E-state index < -0.39 is 0 Å². The molecule has 1 aliphatic carbocycles. The van der Waals surface area contributed by atoms with Crippen molar-refractivity contribution in [3.05, 3.63) is 90.0 Å². The highest BCUT2D eigenvalue weighted by atomic mass is 16.1. The minimum absolute atomic E-state index is 0.107. The average molecular weight is 339 g/mol. The number of hydrogen-bond acceptors (Lipinski definition) is 2. The van der Waals surface area contributed by atoms with Crippen LogP contribution in [-0.2, 0) is 4.79 Å². The van der Waals surface area contributed by atoms with Gasteiger partial charge in [-0.1, -0.05) is 54.6 Å². The first kappa shape index (κ1) is 15.4. The number of ketones is 1. The van der Waals surface area contributed by atoms with Gasteiger partial charge in [-0.3, -0.25) is 4.79 Å². The van der Waals surface area contributed by atoms with Gasteiger partial charge >= 0.3 is 0 Å². The fraction of sp³-hybridized carbons (Fsp3) is 0.208. The van der Waals surface area contributed by atoms with Crippen LogP contribution >= 0.6 is 0 Å². The van der Waals surface area contributed by atoms with Crippen LogP contribution in [0.1, 0.15) is 36.3 Å². The van der Waals surface area contributed by atoms with Gasteiger partial charge in [0, 0.05) is 35.3 Å². The van der Waals surface area contributed by atoms with Crippen molar-refractivity contribution in [3.63, 3.8) is 0 Å². The van der Waals surface area contributed by atoms with Crippen LogP contribution in [0.25, 0.3) is 0 Å². The van der Waals surface area contributed by atoms with Crippen molar-refractivity contribution < 1.29 is 4.79 Å². The molecular formula is C24H21NO. The number of carbonyl (C=O) groups excluding carboxylic acids is 1. The summed E-state index contributed by atoms with van der Waals surface area (Å²) in [7, 11) is 0. The molecule has 3 aromatic rings. The minimum atomic E-state index is 0.107. The first-order chi connectivity index (χ1) is 12.8. The molecule has 1 heterocycles. The number of rotatable bonds is 2. The van der Waals surface area contributed by atoms with Crippen LogP contribution in [0.5, 0.6) is 0 Å². The fourth-order valence-corrected chi connectivity index (χ4v) is 4.69. The standard InChI is InChI=1S/C24H21NO/c26-23-16-8-13-20(23)24-18-11-4-6-14-21(18)25(17-9-2-1-3-10-17)22-15-7-5-12-19(22)24/h1-7,9-12,14-15,20,24H,8,13,16H2. The molecule has 1 fully saturated rings. The Hall–Kier alpha value is -2.87. The molecule has 128 valence electrons. The lowest BCUT2D eigenvalue weighted by atomic mass is 9.75. The monoisotopic (exact) mass is 339 g/mol. The molecule has 0 amide bonds. The van der Waals surface area contributed by atoms with Crippen LogP contribution in [0, 0.1) is 5.92 Å². The number of anilines is 3. The van der Waals surface area contributed by atoms with Gasteiger partial charge in [0.25, 0.3) is 0 Å². The molecule has 0 aromatic heterocycles. The maximum absolute atomic E-state index is 12.6. The summed E-state index contributed by atoms with van der Waals surface area (Å²) in [5.74, 6) is 0.695. The summed E-state index contributed by atoms with van der Waals surface area (Å²) in [6, 6.07) is 27.7. The van der Waals surface area contributed by atoms with Crippen LogP contribution in [0.3, 0.4) is 0 Å². The van der Waals surface area contributed by atoms with E-state index in [0.717, 1.165) is 24.9 Å². The molecule has 0 saturated heterocycles. The third kappa shape index (κ3) is 2.29. The topological polar surface area (TPSA) is 20.3 Å². The zero-order valence-electron chi connectivity index (χ0n) is 14.6. The van der Waals surface area contributed by atoms with Crippen LogP contribution in [0.15, 0.2) is 78.9 Å². The van der Waals surface area contributed by atoms with E-state index >= 15 is 0 Å². The van der Waals surface area contributed by atoms with Gasteiger partial charge in [-0.15, -0.1) is 0 Å². The van der Waals surface area contributed by atoms with E-state index in [1.807, 2.05) is 6.07 Å². The molecule has 2 heteroatoms. The molecule has 2 nitrogen and oxygen atoms in total. The van der Waals surface area contributed by atoms with E-state index in [9.17, 15) is 4.79 Å². The summed E-state index contributed by atoms with van der Waals surface area (Å²) in [5.41, 5.74) is 6.10. The number of benzene rings is 3. The molecule has 0 bridgehead atoms. The van der Waals surface area contributed by atoms with E-state index in [1.54, 1.807) is 0 Å². The number of hydrogen-bond donors (Lipinski definition) is 0. The Morgan fingerprint density at radius 1 is 0.731 bits per heavy atom. The lowest BCUT2D eigenvalue weighted by Gasteiger charge is -2.39. The summed E-state index contributed by atoms with van der Waals surface area (Å²) in [6.45, 7) is 0. The van der Waals surface area contributed by atoms with Gasteiger partial charge in [0.2, 0.25) is 0 Å². The zero-order chi connectivity index (χ0) is 17.5. The second-order valence-corrected chi connectivity index (χ2v) is 7.23. The van der Waals surface area contributed by atoms with Crippen LogP contribution in [0.4, 0.5) is 17.1 Å². The van der Waals surface area contributed by atoms with Crippen LogP contribution in [0.2, 0.25) is 0 Å². The lowest BCUT2D eigenvalue weighted by molar-refractivity contribution is -0.121. The number of Topliss-reactive ketones (excluding diaryl/α,β-unsaturated/α-hetero) is 1. The largest absolute Gasteiger partial charge is 0.310 e. The zero-order valence-corrected chi connectivity index (χ0v) is 14.6. The smallest absolute Gasteiger partial charge is 0.136 e. The molecule has 2 aliphatic rings. The van der Waals surface area contributed by atoms with Gasteiger partial charge in [0.05, 0.1) is 0 Å². The molecule has 5 rings (SSSR count). The SMILES string of the molecule is O=C1CCCC1C1c2ccccc2N(c2ccccc2)c2ccccc21. The van der Waals surface area contributed by atoms with E-state index in [-0.39, 0.29) is 11.8 Å². The highest BCUT2D eigenvalue weighted by Crippen LogP contribution is 2.53. The van der Waals surface area contributed by atoms with Gasteiger partial charge in [-0.25, -0.2) is 0 Å². The summed E-state index contributed by atoms with van der Waals surface area (Å²) in [4.78, 5) is 15.0. The van der Waals surface area contributed by atoms with Crippen molar-refractivity contribution in [2.75, 3.05) is 4.90 Å². The fourth-order valence-electron chi connectivity index (χ4n) is 4.69. The first-order valence-electron chi connectivity index (χ1n) is 9.40. The Bertz CT molecular complexity index is 915. The number of fused-ring (bicyclic) bond motifs is 2. The molecule has 0 spiro atoms. The van der Waals surface area contributed by atoms with Gasteiger partial charge in [0.15, 0.2) is 0 Å². The van der Waals surface area contributed by atoms with Crippen molar-refractivity contribution in [2.24, 2.45) is 5.92 Å². The number of carbonyl (C=O) groups is 1. The van der Waals surface area contributed by atoms with Crippen LogP contribution in [-0.4, -0.2) is 5.78 Å². The second-order valence-electron chi connectivity index (χ2n) is 7.23. The molecule has 1 saturated carbocycles. The van der Waals surface area contributed by atoms with Crippen molar-refractivity contribution >= 4 is 22.8 Å². The van der Waals surface area contributed by atoms with E-state index in [2.05, 4.69) is 77.7 Å². The summed E-state index contributed by atoms with van der Waals surface area (Å²) < 4.78 is 0.